The van der Waals surface area contributed by atoms with Gasteiger partial charge >= 0.3 is 6.18 Å². The van der Waals surface area contributed by atoms with Gasteiger partial charge in [-0.1, -0.05) is 23.7 Å². The van der Waals surface area contributed by atoms with Gasteiger partial charge in [0.05, 0.1) is 26.2 Å². The summed E-state index contributed by atoms with van der Waals surface area (Å²) >= 11 is 6.25. The molecule has 1 saturated heterocycles. The Morgan fingerprint density at radius 2 is 1.74 bits per heavy atom. The minimum atomic E-state index is -4.67. The van der Waals surface area contributed by atoms with Crippen molar-refractivity contribution >= 4 is 31.3 Å². The van der Waals surface area contributed by atoms with Gasteiger partial charge in [-0.3, -0.25) is 0 Å². The van der Waals surface area contributed by atoms with Crippen LogP contribution in [-0.4, -0.2) is 34.4 Å². The number of halogens is 4. The molecule has 0 aliphatic carbocycles. The van der Waals surface area contributed by atoms with Crippen LogP contribution in [0.15, 0.2) is 52.3 Å². The zero-order chi connectivity index (χ0) is 23.2. The lowest BCUT2D eigenvalue weighted by molar-refractivity contribution is -0.137. The number of benzene rings is 2. The van der Waals surface area contributed by atoms with E-state index in [1.54, 1.807) is 0 Å². The Kier molecular flexibility index (Phi) is 6.25. The first kappa shape index (κ1) is 24.0. The standard InChI is InChI=1S/C20H20ClF3O5S2/c1-19(31(27,28)15-5-3-4-13(10-15)20(22,23)24)8-9-29-18(12-19)16-7-6-14(11-17(16)21)30(2,25)26/h3-7,10-11,18H,8-9,12H2,1-2H3. The van der Waals surface area contributed by atoms with Gasteiger partial charge in [-0.25, -0.2) is 16.8 Å². The van der Waals surface area contributed by atoms with Crippen molar-refractivity contribution in [2.75, 3.05) is 12.9 Å². The molecule has 1 heterocycles. The van der Waals surface area contributed by atoms with Gasteiger partial charge in [-0.2, -0.15) is 13.2 Å². The molecular formula is C20H20ClF3O5S2. The molecule has 2 aromatic carbocycles. The fourth-order valence-electron chi connectivity index (χ4n) is 3.54. The van der Waals surface area contributed by atoms with Crippen LogP contribution >= 0.6 is 11.6 Å². The van der Waals surface area contributed by atoms with E-state index in [4.69, 9.17) is 16.3 Å². The van der Waals surface area contributed by atoms with Crippen LogP contribution in [0.2, 0.25) is 5.02 Å². The number of hydrogen-bond acceptors (Lipinski definition) is 5. The maximum absolute atomic E-state index is 13.3. The molecule has 2 aromatic rings. The Bertz CT molecular complexity index is 1210. The maximum atomic E-state index is 13.3. The van der Waals surface area contributed by atoms with Gasteiger partial charge in [0.15, 0.2) is 19.7 Å². The SMILES string of the molecule is CC1(S(=O)(=O)c2cccc(C(F)(F)F)c2)CCOC(c2ccc(S(C)(=O)=O)cc2Cl)C1. The van der Waals surface area contributed by atoms with Gasteiger partial charge < -0.3 is 4.74 Å². The van der Waals surface area contributed by atoms with Gasteiger partial charge in [-0.15, -0.1) is 0 Å². The van der Waals surface area contributed by atoms with Crippen molar-refractivity contribution in [2.24, 2.45) is 0 Å². The second-order valence-corrected chi connectivity index (χ2v) is 12.6. The van der Waals surface area contributed by atoms with E-state index < -0.39 is 47.2 Å². The lowest BCUT2D eigenvalue weighted by Gasteiger charge is -2.38. The molecule has 2 unspecified atom stereocenters. The summed E-state index contributed by atoms with van der Waals surface area (Å²) in [5.74, 6) is 0. The molecule has 0 amide bonds. The van der Waals surface area contributed by atoms with Crippen LogP contribution in [0, 0.1) is 0 Å². The van der Waals surface area contributed by atoms with E-state index in [2.05, 4.69) is 0 Å². The Balaban J connectivity index is 1.97. The number of rotatable bonds is 4. The highest BCUT2D eigenvalue weighted by Gasteiger charge is 2.46. The minimum Gasteiger partial charge on any atom is -0.373 e. The number of ether oxygens (including phenoxy) is 1. The zero-order valence-corrected chi connectivity index (χ0v) is 19.0. The highest BCUT2D eigenvalue weighted by Crippen LogP contribution is 2.44. The van der Waals surface area contributed by atoms with Crippen LogP contribution in [0.1, 0.15) is 37.0 Å². The molecule has 0 radical (unpaired) electrons. The molecule has 0 N–H and O–H groups in total. The highest BCUT2D eigenvalue weighted by atomic mass is 35.5. The first-order valence-corrected chi connectivity index (χ1v) is 12.9. The van der Waals surface area contributed by atoms with Gasteiger partial charge in [0.1, 0.15) is 0 Å². The Labute approximate surface area is 184 Å². The third kappa shape index (κ3) is 4.76. The van der Waals surface area contributed by atoms with E-state index in [1.165, 1.54) is 25.1 Å². The minimum absolute atomic E-state index is 0.0106. The van der Waals surface area contributed by atoms with Crippen molar-refractivity contribution in [3.8, 4) is 0 Å². The first-order valence-electron chi connectivity index (χ1n) is 9.18. The molecule has 0 bridgehead atoms. The van der Waals surface area contributed by atoms with Crippen LogP contribution in [0.5, 0.6) is 0 Å². The predicted molar refractivity (Wildman–Crippen MR) is 110 cm³/mol. The van der Waals surface area contributed by atoms with Crippen molar-refractivity contribution in [1.82, 2.24) is 0 Å². The van der Waals surface area contributed by atoms with Gasteiger partial charge in [0.2, 0.25) is 0 Å². The molecule has 1 aliphatic heterocycles. The molecule has 0 saturated carbocycles. The Hall–Kier alpha value is -1.62. The van der Waals surface area contributed by atoms with E-state index in [1.807, 2.05) is 0 Å². The second kappa shape index (κ2) is 8.06. The summed E-state index contributed by atoms with van der Waals surface area (Å²) in [6, 6.07) is 7.75. The Morgan fingerprint density at radius 1 is 1.06 bits per heavy atom. The molecule has 0 spiro atoms. The van der Waals surface area contributed by atoms with Crippen molar-refractivity contribution in [3.63, 3.8) is 0 Å². The predicted octanol–water partition coefficient (Wildman–Crippen LogP) is 4.85. The smallest absolute Gasteiger partial charge is 0.373 e. The normalized spacial score (nSPS) is 23.0. The van der Waals surface area contributed by atoms with Crippen LogP contribution in [0.3, 0.4) is 0 Å². The third-order valence-electron chi connectivity index (χ3n) is 5.43. The quantitative estimate of drug-likeness (QED) is 0.605. The third-order valence-corrected chi connectivity index (χ3v) is 9.41. The fraction of sp³-hybridized carbons (Fsp3) is 0.400. The summed E-state index contributed by atoms with van der Waals surface area (Å²) in [5, 5.41) is 0.105. The summed E-state index contributed by atoms with van der Waals surface area (Å²) in [6.07, 6.45) is -4.36. The van der Waals surface area contributed by atoms with Crippen LogP contribution in [0.25, 0.3) is 0 Å². The van der Waals surface area contributed by atoms with Crippen molar-refractivity contribution in [3.05, 3.63) is 58.6 Å². The van der Waals surface area contributed by atoms with E-state index in [0.717, 1.165) is 24.5 Å². The molecule has 0 aromatic heterocycles. The molecule has 3 rings (SSSR count). The highest BCUT2D eigenvalue weighted by molar-refractivity contribution is 7.92. The summed E-state index contributed by atoms with van der Waals surface area (Å²) in [5.41, 5.74) is -0.626. The summed E-state index contributed by atoms with van der Waals surface area (Å²) in [7, 11) is -7.63. The molecule has 11 heteroatoms. The summed E-state index contributed by atoms with van der Waals surface area (Å²) < 4.78 is 93.5. The van der Waals surface area contributed by atoms with Crippen molar-refractivity contribution in [2.45, 2.75) is 46.6 Å². The maximum Gasteiger partial charge on any atom is 0.416 e. The van der Waals surface area contributed by atoms with Crippen molar-refractivity contribution < 1.29 is 34.7 Å². The van der Waals surface area contributed by atoms with Gasteiger partial charge in [0, 0.05) is 17.9 Å². The summed E-state index contributed by atoms with van der Waals surface area (Å²) in [4.78, 5) is -0.402. The van der Waals surface area contributed by atoms with E-state index in [0.29, 0.717) is 11.6 Å². The molecule has 2 atom stereocenters. The number of alkyl halides is 3. The van der Waals surface area contributed by atoms with E-state index >= 15 is 0 Å². The molecule has 1 aliphatic rings. The molecule has 1 fully saturated rings. The fourth-order valence-corrected chi connectivity index (χ4v) is 6.38. The first-order chi connectivity index (χ1) is 14.1. The summed E-state index contributed by atoms with van der Waals surface area (Å²) in [6.45, 7) is 1.51. The molecular weight excluding hydrogens is 477 g/mol. The van der Waals surface area contributed by atoms with Crippen LogP contribution in [0.4, 0.5) is 13.2 Å². The zero-order valence-electron chi connectivity index (χ0n) is 16.6. The van der Waals surface area contributed by atoms with Gasteiger partial charge in [-0.05, 0) is 55.7 Å². The largest absolute Gasteiger partial charge is 0.416 e. The second-order valence-electron chi connectivity index (χ2n) is 7.75. The van der Waals surface area contributed by atoms with Crippen molar-refractivity contribution in [1.29, 1.82) is 0 Å². The van der Waals surface area contributed by atoms with E-state index in [9.17, 15) is 30.0 Å². The van der Waals surface area contributed by atoms with Crippen LogP contribution in [-0.2, 0) is 30.6 Å². The topological polar surface area (TPSA) is 77.5 Å². The average molecular weight is 497 g/mol. The average Bonchev–Trinajstić information content (AvgIpc) is 2.66. The lowest BCUT2D eigenvalue weighted by Crippen LogP contribution is -2.42. The molecule has 5 nitrogen and oxygen atoms in total. The van der Waals surface area contributed by atoms with E-state index in [-0.39, 0.29) is 29.4 Å². The van der Waals surface area contributed by atoms with Crippen LogP contribution < -0.4 is 0 Å². The Morgan fingerprint density at radius 3 is 2.32 bits per heavy atom. The van der Waals surface area contributed by atoms with Gasteiger partial charge in [0.25, 0.3) is 0 Å². The molecule has 31 heavy (non-hydrogen) atoms. The number of sulfone groups is 2. The monoisotopic (exact) mass is 496 g/mol. The lowest BCUT2D eigenvalue weighted by atomic mass is 9.92. The molecule has 170 valence electrons. The number of hydrogen-bond donors (Lipinski definition) is 0.